The highest BCUT2D eigenvalue weighted by molar-refractivity contribution is 9.10. The molecule has 1 aliphatic heterocycles. The highest BCUT2D eigenvalue weighted by atomic mass is 79.9. The molecule has 1 aliphatic rings. The number of piperazine rings is 1. The topological polar surface area (TPSA) is 70.6 Å². The Bertz CT molecular complexity index is 822. The Morgan fingerprint density at radius 1 is 1.22 bits per heavy atom. The Balaban J connectivity index is 1.69. The van der Waals surface area contributed by atoms with Crippen LogP contribution in [0, 0.1) is 6.92 Å². The molecule has 1 aromatic heterocycles. The number of nitrogens with one attached hydrogen (secondary N) is 1. The number of ether oxygens (including phenoxy) is 1. The predicted molar refractivity (Wildman–Crippen MR) is 110 cm³/mol. The lowest BCUT2D eigenvalue weighted by Gasteiger charge is -2.35. The van der Waals surface area contributed by atoms with Crippen LogP contribution in [0.5, 0.6) is 5.75 Å². The van der Waals surface area contributed by atoms with E-state index in [1.807, 2.05) is 36.9 Å². The molecule has 1 N–H and O–H groups in total. The maximum atomic E-state index is 12.9. The molecule has 1 amide bonds. The minimum absolute atomic E-state index is 0.000996. The molecule has 0 aliphatic carbocycles. The van der Waals surface area contributed by atoms with Gasteiger partial charge in [-0.2, -0.15) is 4.98 Å². The van der Waals surface area contributed by atoms with Crippen molar-refractivity contribution in [2.75, 3.05) is 50.1 Å². The van der Waals surface area contributed by atoms with E-state index in [-0.39, 0.29) is 5.91 Å². The Morgan fingerprint density at radius 2 is 1.96 bits per heavy atom. The normalized spacial score (nSPS) is 14.2. The lowest BCUT2D eigenvalue weighted by Crippen LogP contribution is -2.49. The second kappa shape index (κ2) is 8.56. The quantitative estimate of drug-likeness (QED) is 0.781. The number of aromatic nitrogens is 2. The van der Waals surface area contributed by atoms with Crippen LogP contribution in [-0.2, 0) is 0 Å². The van der Waals surface area contributed by atoms with E-state index < -0.39 is 0 Å². The van der Waals surface area contributed by atoms with E-state index in [0.29, 0.717) is 43.4 Å². The fourth-order valence-electron chi connectivity index (χ4n) is 3.04. The van der Waals surface area contributed by atoms with Gasteiger partial charge < -0.3 is 19.9 Å². The van der Waals surface area contributed by atoms with Gasteiger partial charge in [-0.25, -0.2) is 4.98 Å². The number of nitrogens with zero attached hydrogens (tertiary/aromatic N) is 4. The summed E-state index contributed by atoms with van der Waals surface area (Å²) in [6.45, 7) is 7.45. The van der Waals surface area contributed by atoms with Gasteiger partial charge in [-0.15, -0.1) is 0 Å². The van der Waals surface area contributed by atoms with Crippen molar-refractivity contribution in [2.24, 2.45) is 0 Å². The van der Waals surface area contributed by atoms with Gasteiger partial charge in [0.25, 0.3) is 5.91 Å². The smallest absolute Gasteiger partial charge is 0.255 e. The maximum Gasteiger partial charge on any atom is 0.255 e. The average molecular weight is 434 g/mol. The van der Waals surface area contributed by atoms with Gasteiger partial charge in [0.15, 0.2) is 0 Å². The third-order valence-electron chi connectivity index (χ3n) is 4.45. The number of amides is 1. The van der Waals surface area contributed by atoms with Crippen LogP contribution < -0.4 is 15.0 Å². The highest BCUT2D eigenvalue weighted by Crippen LogP contribution is 2.25. The summed E-state index contributed by atoms with van der Waals surface area (Å²) in [5.41, 5.74) is 1.54. The lowest BCUT2D eigenvalue weighted by atomic mass is 10.1. The summed E-state index contributed by atoms with van der Waals surface area (Å²) in [7, 11) is 1.60. The zero-order valence-corrected chi connectivity index (χ0v) is 17.4. The van der Waals surface area contributed by atoms with Gasteiger partial charge in [-0.05, 0) is 48.0 Å². The first-order valence-corrected chi connectivity index (χ1v) is 9.78. The van der Waals surface area contributed by atoms with Crippen molar-refractivity contribution >= 4 is 33.6 Å². The summed E-state index contributed by atoms with van der Waals surface area (Å²) in [4.78, 5) is 26.0. The van der Waals surface area contributed by atoms with E-state index in [9.17, 15) is 4.79 Å². The molecule has 8 heteroatoms. The molecule has 27 heavy (non-hydrogen) atoms. The molecule has 0 saturated carbocycles. The van der Waals surface area contributed by atoms with E-state index in [2.05, 4.69) is 36.1 Å². The SMILES string of the molecule is CCNc1cc(C)nc(N2CCN(C(=O)c3cc(OC)ccc3Br)CC2)n1. The first-order chi connectivity index (χ1) is 13.0. The molecule has 2 aromatic rings. The number of benzene rings is 1. The number of hydrogen-bond donors (Lipinski definition) is 1. The van der Waals surface area contributed by atoms with Crippen molar-refractivity contribution in [2.45, 2.75) is 13.8 Å². The zero-order valence-electron chi connectivity index (χ0n) is 15.8. The van der Waals surface area contributed by atoms with Crippen molar-refractivity contribution < 1.29 is 9.53 Å². The van der Waals surface area contributed by atoms with Crippen molar-refractivity contribution in [1.82, 2.24) is 14.9 Å². The molecular formula is C19H24BrN5O2. The molecule has 0 atom stereocenters. The number of halogens is 1. The second-order valence-electron chi connectivity index (χ2n) is 6.35. The third-order valence-corrected chi connectivity index (χ3v) is 5.15. The van der Waals surface area contributed by atoms with Crippen LogP contribution in [0.25, 0.3) is 0 Å². The summed E-state index contributed by atoms with van der Waals surface area (Å²) >= 11 is 3.47. The van der Waals surface area contributed by atoms with E-state index in [1.165, 1.54) is 0 Å². The standard InChI is InChI=1S/C19H24BrN5O2/c1-4-21-17-11-13(2)22-19(23-17)25-9-7-24(8-10-25)18(26)15-12-14(27-3)5-6-16(15)20/h5-6,11-12H,4,7-10H2,1-3H3,(H,21,22,23). The largest absolute Gasteiger partial charge is 0.497 e. The first kappa shape index (κ1) is 19.4. The number of carbonyl (C=O) groups is 1. The Labute approximate surface area is 167 Å². The van der Waals surface area contributed by atoms with Crippen LogP contribution >= 0.6 is 15.9 Å². The molecule has 0 radical (unpaired) electrons. The number of carbonyl (C=O) groups excluding carboxylic acids is 1. The summed E-state index contributed by atoms with van der Waals surface area (Å²) in [5, 5.41) is 3.23. The monoisotopic (exact) mass is 433 g/mol. The Morgan fingerprint density at radius 3 is 2.63 bits per heavy atom. The van der Waals surface area contributed by atoms with Crippen molar-refractivity contribution in [3.63, 3.8) is 0 Å². The molecule has 0 bridgehead atoms. The maximum absolute atomic E-state index is 12.9. The number of rotatable bonds is 5. The minimum atomic E-state index is -0.000996. The van der Waals surface area contributed by atoms with Crippen LogP contribution in [0.2, 0.25) is 0 Å². The number of aryl methyl sites for hydroxylation is 1. The summed E-state index contributed by atoms with van der Waals surface area (Å²) in [6.07, 6.45) is 0. The second-order valence-corrected chi connectivity index (χ2v) is 7.20. The molecule has 144 valence electrons. The summed E-state index contributed by atoms with van der Waals surface area (Å²) < 4.78 is 6.01. The molecular weight excluding hydrogens is 410 g/mol. The van der Waals surface area contributed by atoms with Crippen molar-refractivity contribution in [3.05, 3.63) is 40.0 Å². The fourth-order valence-corrected chi connectivity index (χ4v) is 3.46. The van der Waals surface area contributed by atoms with Crippen LogP contribution in [0.3, 0.4) is 0 Å². The first-order valence-electron chi connectivity index (χ1n) is 8.99. The fraction of sp³-hybridized carbons (Fsp3) is 0.421. The van der Waals surface area contributed by atoms with E-state index in [4.69, 9.17) is 4.74 Å². The zero-order chi connectivity index (χ0) is 19.4. The molecule has 1 fully saturated rings. The molecule has 2 heterocycles. The van der Waals surface area contributed by atoms with E-state index in [1.54, 1.807) is 13.2 Å². The summed E-state index contributed by atoms with van der Waals surface area (Å²) in [5.74, 6) is 2.21. The molecule has 1 aromatic carbocycles. The van der Waals surface area contributed by atoms with Crippen molar-refractivity contribution in [1.29, 1.82) is 0 Å². The van der Waals surface area contributed by atoms with Gasteiger partial charge in [0.05, 0.1) is 12.7 Å². The molecule has 7 nitrogen and oxygen atoms in total. The minimum Gasteiger partial charge on any atom is -0.497 e. The van der Waals surface area contributed by atoms with Crippen LogP contribution in [0.1, 0.15) is 23.0 Å². The number of anilines is 2. The predicted octanol–water partition coefficient (Wildman–Crippen LogP) is 2.95. The number of methoxy groups -OCH3 is 1. The molecule has 3 rings (SSSR count). The lowest BCUT2D eigenvalue weighted by molar-refractivity contribution is 0.0745. The highest BCUT2D eigenvalue weighted by Gasteiger charge is 2.25. The van der Waals surface area contributed by atoms with Gasteiger partial charge in [0.2, 0.25) is 5.95 Å². The average Bonchev–Trinajstić information content (AvgIpc) is 2.68. The van der Waals surface area contributed by atoms with Gasteiger partial charge >= 0.3 is 0 Å². The van der Waals surface area contributed by atoms with Gasteiger partial charge in [0.1, 0.15) is 11.6 Å². The van der Waals surface area contributed by atoms with E-state index >= 15 is 0 Å². The molecule has 0 spiro atoms. The molecule has 1 saturated heterocycles. The Kier molecular flexibility index (Phi) is 6.15. The van der Waals surface area contributed by atoms with Crippen LogP contribution in [0.4, 0.5) is 11.8 Å². The number of hydrogen-bond acceptors (Lipinski definition) is 6. The van der Waals surface area contributed by atoms with Gasteiger partial charge in [-0.3, -0.25) is 4.79 Å². The van der Waals surface area contributed by atoms with Gasteiger partial charge in [-0.1, -0.05) is 0 Å². The van der Waals surface area contributed by atoms with Crippen molar-refractivity contribution in [3.8, 4) is 5.75 Å². The molecule has 0 unspecified atom stereocenters. The van der Waals surface area contributed by atoms with Gasteiger partial charge in [0, 0.05) is 49.0 Å². The van der Waals surface area contributed by atoms with Crippen LogP contribution in [-0.4, -0.2) is 60.6 Å². The third kappa shape index (κ3) is 4.50. The summed E-state index contributed by atoms with van der Waals surface area (Å²) in [6, 6.07) is 7.37. The Hall–Kier alpha value is -2.35. The van der Waals surface area contributed by atoms with Crippen LogP contribution in [0.15, 0.2) is 28.7 Å². The van der Waals surface area contributed by atoms with E-state index in [0.717, 1.165) is 22.5 Å².